The molecule has 0 aliphatic heterocycles. The molecule has 0 saturated heterocycles. The van der Waals surface area contributed by atoms with Gasteiger partial charge in [-0.05, 0) is 26.9 Å². The van der Waals surface area contributed by atoms with Crippen LogP contribution in [-0.2, 0) is 9.53 Å². The summed E-state index contributed by atoms with van der Waals surface area (Å²) in [6.07, 6.45) is 17.6. The standard InChI is InChI=1S/C21H43NO2/c1-5-7-8-9-10-11-12-13-14-15-16-17-20(22(3)4)19-21(23)24-18-6-2/h20H,5-19H2,1-4H3. The van der Waals surface area contributed by atoms with Gasteiger partial charge in [0.25, 0.3) is 0 Å². The summed E-state index contributed by atoms with van der Waals surface area (Å²) in [5.41, 5.74) is 0. The zero-order chi connectivity index (χ0) is 18.0. The van der Waals surface area contributed by atoms with Crippen molar-refractivity contribution in [2.45, 2.75) is 110 Å². The normalized spacial score (nSPS) is 12.5. The van der Waals surface area contributed by atoms with Crippen molar-refractivity contribution < 1.29 is 9.53 Å². The van der Waals surface area contributed by atoms with Crippen LogP contribution >= 0.6 is 0 Å². The van der Waals surface area contributed by atoms with Crippen LogP contribution in [0.25, 0.3) is 0 Å². The Balaban J connectivity index is 3.55. The molecule has 0 N–H and O–H groups in total. The molecule has 144 valence electrons. The summed E-state index contributed by atoms with van der Waals surface area (Å²) in [6, 6.07) is 0.327. The molecule has 0 bridgehead atoms. The Kier molecular flexibility index (Phi) is 16.8. The second-order valence-electron chi connectivity index (χ2n) is 7.37. The van der Waals surface area contributed by atoms with Gasteiger partial charge >= 0.3 is 5.97 Å². The Labute approximate surface area is 151 Å². The SMILES string of the molecule is CCCCCCCCCCCCCC(CC(=O)OCCC)N(C)C. The van der Waals surface area contributed by atoms with Gasteiger partial charge in [0.2, 0.25) is 0 Å². The largest absolute Gasteiger partial charge is 0.466 e. The van der Waals surface area contributed by atoms with Crippen LogP contribution in [0.5, 0.6) is 0 Å². The van der Waals surface area contributed by atoms with E-state index < -0.39 is 0 Å². The fraction of sp³-hybridized carbons (Fsp3) is 0.952. The van der Waals surface area contributed by atoms with Crippen LogP contribution in [0.4, 0.5) is 0 Å². The topological polar surface area (TPSA) is 29.5 Å². The lowest BCUT2D eigenvalue weighted by Gasteiger charge is -2.23. The number of hydrogen-bond acceptors (Lipinski definition) is 3. The zero-order valence-corrected chi connectivity index (χ0v) is 16.9. The fourth-order valence-electron chi connectivity index (χ4n) is 3.05. The third kappa shape index (κ3) is 15.0. The average molecular weight is 342 g/mol. The summed E-state index contributed by atoms with van der Waals surface area (Å²) in [4.78, 5) is 13.9. The minimum atomic E-state index is -0.0429. The Morgan fingerprint density at radius 2 is 1.29 bits per heavy atom. The van der Waals surface area contributed by atoms with E-state index in [0.29, 0.717) is 19.1 Å². The monoisotopic (exact) mass is 341 g/mol. The molecular formula is C21H43NO2. The van der Waals surface area contributed by atoms with Crippen molar-refractivity contribution in [2.24, 2.45) is 0 Å². The third-order valence-electron chi connectivity index (χ3n) is 4.74. The van der Waals surface area contributed by atoms with Crippen LogP contribution in [0.3, 0.4) is 0 Å². The van der Waals surface area contributed by atoms with Crippen LogP contribution in [-0.4, -0.2) is 37.6 Å². The first kappa shape index (κ1) is 23.4. The molecule has 1 unspecified atom stereocenters. The quantitative estimate of drug-likeness (QED) is 0.241. The second-order valence-corrected chi connectivity index (χ2v) is 7.37. The van der Waals surface area contributed by atoms with E-state index in [0.717, 1.165) is 12.8 Å². The van der Waals surface area contributed by atoms with Gasteiger partial charge in [-0.25, -0.2) is 0 Å². The first-order chi connectivity index (χ1) is 11.6. The summed E-state index contributed by atoms with van der Waals surface area (Å²) in [5.74, 6) is -0.0429. The number of hydrogen-bond donors (Lipinski definition) is 0. The van der Waals surface area contributed by atoms with Crippen LogP contribution in [0, 0.1) is 0 Å². The number of esters is 1. The molecule has 0 amide bonds. The van der Waals surface area contributed by atoms with Gasteiger partial charge in [0.05, 0.1) is 13.0 Å². The smallest absolute Gasteiger partial charge is 0.307 e. The molecule has 0 aromatic carbocycles. The van der Waals surface area contributed by atoms with Crippen LogP contribution in [0.15, 0.2) is 0 Å². The highest BCUT2D eigenvalue weighted by molar-refractivity contribution is 5.70. The Bertz CT molecular complexity index is 279. The lowest BCUT2D eigenvalue weighted by atomic mass is 10.0. The third-order valence-corrected chi connectivity index (χ3v) is 4.74. The Morgan fingerprint density at radius 3 is 1.75 bits per heavy atom. The van der Waals surface area contributed by atoms with Gasteiger partial charge in [0.15, 0.2) is 0 Å². The number of nitrogens with zero attached hydrogens (tertiary/aromatic N) is 1. The van der Waals surface area contributed by atoms with Gasteiger partial charge in [0.1, 0.15) is 0 Å². The first-order valence-electron chi connectivity index (χ1n) is 10.4. The summed E-state index contributed by atoms with van der Waals surface area (Å²) >= 11 is 0. The molecule has 0 aliphatic carbocycles. The first-order valence-corrected chi connectivity index (χ1v) is 10.4. The molecule has 3 nitrogen and oxygen atoms in total. The average Bonchev–Trinajstić information content (AvgIpc) is 2.56. The predicted octanol–water partition coefficient (Wildman–Crippen LogP) is 5.96. The highest BCUT2D eigenvalue weighted by Crippen LogP contribution is 2.15. The van der Waals surface area contributed by atoms with Crippen molar-refractivity contribution in [3.8, 4) is 0 Å². The molecule has 1 atom stereocenters. The zero-order valence-electron chi connectivity index (χ0n) is 16.9. The van der Waals surface area contributed by atoms with Crippen LogP contribution in [0.1, 0.15) is 104 Å². The number of carbonyl (C=O) groups is 1. The molecule has 0 aromatic heterocycles. The maximum Gasteiger partial charge on any atom is 0.307 e. The maximum atomic E-state index is 11.8. The second kappa shape index (κ2) is 17.3. The van der Waals surface area contributed by atoms with E-state index in [9.17, 15) is 4.79 Å². The molecule has 0 radical (unpaired) electrons. The van der Waals surface area contributed by atoms with E-state index in [1.165, 1.54) is 70.6 Å². The summed E-state index contributed by atoms with van der Waals surface area (Å²) in [5, 5.41) is 0. The van der Waals surface area contributed by atoms with E-state index in [2.05, 4.69) is 25.9 Å². The molecule has 3 heteroatoms. The van der Waals surface area contributed by atoms with E-state index >= 15 is 0 Å². The predicted molar refractivity (Wildman–Crippen MR) is 104 cm³/mol. The number of unbranched alkanes of at least 4 members (excludes halogenated alkanes) is 10. The molecular weight excluding hydrogens is 298 g/mol. The number of carbonyl (C=O) groups excluding carboxylic acids is 1. The summed E-state index contributed by atoms with van der Waals surface area (Å²) in [6.45, 7) is 4.86. The number of rotatable bonds is 17. The molecule has 0 fully saturated rings. The van der Waals surface area contributed by atoms with Crippen molar-refractivity contribution >= 4 is 5.97 Å². The van der Waals surface area contributed by atoms with Gasteiger partial charge in [0, 0.05) is 6.04 Å². The van der Waals surface area contributed by atoms with Gasteiger partial charge in [-0.2, -0.15) is 0 Å². The van der Waals surface area contributed by atoms with E-state index in [4.69, 9.17) is 4.74 Å². The van der Waals surface area contributed by atoms with Gasteiger partial charge < -0.3 is 9.64 Å². The maximum absolute atomic E-state index is 11.8. The molecule has 0 spiro atoms. The van der Waals surface area contributed by atoms with E-state index in [1.807, 2.05) is 6.92 Å². The van der Waals surface area contributed by atoms with E-state index in [-0.39, 0.29) is 5.97 Å². The van der Waals surface area contributed by atoms with Gasteiger partial charge in [-0.1, -0.05) is 84.5 Å². The minimum Gasteiger partial charge on any atom is -0.466 e. The van der Waals surface area contributed by atoms with E-state index in [1.54, 1.807) is 0 Å². The molecule has 0 aromatic rings. The van der Waals surface area contributed by atoms with Crippen LogP contribution in [0.2, 0.25) is 0 Å². The summed E-state index contributed by atoms with van der Waals surface area (Å²) in [7, 11) is 4.13. The van der Waals surface area contributed by atoms with Crippen molar-refractivity contribution in [1.82, 2.24) is 4.90 Å². The van der Waals surface area contributed by atoms with Gasteiger partial charge in [-0.15, -0.1) is 0 Å². The van der Waals surface area contributed by atoms with Crippen molar-refractivity contribution in [2.75, 3.05) is 20.7 Å². The highest BCUT2D eigenvalue weighted by Gasteiger charge is 2.16. The Morgan fingerprint density at radius 1 is 0.792 bits per heavy atom. The Hall–Kier alpha value is -0.570. The van der Waals surface area contributed by atoms with Crippen LogP contribution < -0.4 is 0 Å². The molecule has 24 heavy (non-hydrogen) atoms. The fourth-order valence-corrected chi connectivity index (χ4v) is 3.05. The van der Waals surface area contributed by atoms with Crippen molar-refractivity contribution in [1.29, 1.82) is 0 Å². The molecule has 0 aliphatic rings. The lowest BCUT2D eigenvalue weighted by molar-refractivity contribution is -0.145. The van der Waals surface area contributed by atoms with Crippen molar-refractivity contribution in [3.05, 3.63) is 0 Å². The lowest BCUT2D eigenvalue weighted by Crippen LogP contribution is -2.31. The minimum absolute atomic E-state index is 0.0429. The van der Waals surface area contributed by atoms with Crippen molar-refractivity contribution in [3.63, 3.8) is 0 Å². The number of ether oxygens (including phenoxy) is 1. The summed E-state index contributed by atoms with van der Waals surface area (Å²) < 4.78 is 5.21. The molecule has 0 heterocycles. The molecule has 0 saturated carbocycles. The van der Waals surface area contributed by atoms with Gasteiger partial charge in [-0.3, -0.25) is 4.79 Å². The molecule has 0 rings (SSSR count). The highest BCUT2D eigenvalue weighted by atomic mass is 16.5.